The van der Waals surface area contributed by atoms with E-state index in [2.05, 4.69) is 21.3 Å². The highest BCUT2D eigenvalue weighted by Crippen LogP contribution is 2.31. The summed E-state index contributed by atoms with van der Waals surface area (Å²) < 4.78 is 0. The summed E-state index contributed by atoms with van der Waals surface area (Å²) in [7, 11) is 0. The molecule has 12 heteroatoms. The van der Waals surface area contributed by atoms with E-state index in [4.69, 9.17) is 11.5 Å². The second-order valence-electron chi connectivity index (χ2n) is 11.2. The maximum absolute atomic E-state index is 13.3. The summed E-state index contributed by atoms with van der Waals surface area (Å²) in [6.45, 7) is 7.85. The smallest absolute Gasteiger partial charge is 0.237 e. The van der Waals surface area contributed by atoms with E-state index in [9.17, 15) is 28.8 Å². The summed E-state index contributed by atoms with van der Waals surface area (Å²) in [5.74, 6) is -2.16. The first-order valence-corrected chi connectivity index (χ1v) is 14.9. The minimum Gasteiger partial charge on any atom is -0.354 e. The molecule has 8 N–H and O–H groups in total. The molecule has 1 aliphatic carbocycles. The van der Waals surface area contributed by atoms with Gasteiger partial charge in [-0.3, -0.25) is 28.8 Å². The van der Waals surface area contributed by atoms with Crippen LogP contribution in [0.15, 0.2) is 36.4 Å². The van der Waals surface area contributed by atoms with Crippen molar-refractivity contribution in [1.29, 1.82) is 0 Å². The number of amides is 4. The molecule has 4 atom stereocenters. The molecule has 2 aromatic carbocycles. The molecule has 2 aromatic rings. The number of nitrogens with one attached hydrogen (secondary N) is 4. The maximum atomic E-state index is 13.3. The van der Waals surface area contributed by atoms with Crippen molar-refractivity contribution >= 4 is 46.6 Å². The Morgan fingerprint density at radius 1 is 0.636 bits per heavy atom. The van der Waals surface area contributed by atoms with E-state index in [0.29, 0.717) is 11.4 Å². The Bertz CT molecular complexity index is 1330. The zero-order chi connectivity index (χ0) is 32.6. The number of benzene rings is 2. The largest absolute Gasteiger partial charge is 0.354 e. The molecular weight excluding hydrogens is 564 g/mol. The standard InChI is InChI=1S/C32H42N6O6/c1-5-17(3)27(33)31(43)35-13-11-25(39)37-19-7-9-21-23(15-19)29(41)22-10-8-20(16-24(22)30(21)42)38-26(40)12-14-36-32(44)28(34)18(4)6-2/h7-10,15-18,27-28H,5-6,11-14,33-34H2,1-4H3,(H,35,43)(H,36,44)(H,37,39)(H,38,40)/t17-,18-,27-,28-/m0/s1. The van der Waals surface area contributed by atoms with Crippen molar-refractivity contribution in [2.75, 3.05) is 23.7 Å². The Kier molecular flexibility index (Phi) is 11.9. The average molecular weight is 607 g/mol. The summed E-state index contributed by atoms with van der Waals surface area (Å²) in [6.07, 6.45) is 1.51. The zero-order valence-electron chi connectivity index (χ0n) is 25.6. The first-order valence-electron chi connectivity index (χ1n) is 14.9. The molecule has 0 saturated carbocycles. The Balaban J connectivity index is 1.58. The lowest BCUT2D eigenvalue weighted by atomic mass is 9.83. The predicted octanol–water partition coefficient (Wildman–Crippen LogP) is 2.10. The van der Waals surface area contributed by atoms with Crippen LogP contribution in [0.5, 0.6) is 0 Å². The van der Waals surface area contributed by atoms with Crippen LogP contribution in [-0.4, -0.2) is 60.4 Å². The Morgan fingerprint density at radius 2 is 1.00 bits per heavy atom. The fourth-order valence-electron chi connectivity index (χ4n) is 4.61. The second-order valence-corrected chi connectivity index (χ2v) is 11.2. The molecule has 0 fully saturated rings. The van der Waals surface area contributed by atoms with Crippen molar-refractivity contribution in [2.24, 2.45) is 23.3 Å². The summed E-state index contributed by atoms with van der Waals surface area (Å²) in [4.78, 5) is 75.7. The second kappa shape index (κ2) is 15.3. The van der Waals surface area contributed by atoms with E-state index >= 15 is 0 Å². The van der Waals surface area contributed by atoms with Gasteiger partial charge in [0.05, 0.1) is 12.1 Å². The number of carbonyl (C=O) groups is 6. The van der Waals surface area contributed by atoms with Crippen LogP contribution in [0.4, 0.5) is 11.4 Å². The Morgan fingerprint density at radius 3 is 1.34 bits per heavy atom. The van der Waals surface area contributed by atoms with Gasteiger partial charge in [0.15, 0.2) is 11.6 Å². The Hall–Kier alpha value is -4.42. The van der Waals surface area contributed by atoms with E-state index in [-0.39, 0.29) is 83.6 Å². The van der Waals surface area contributed by atoms with Crippen LogP contribution < -0.4 is 32.7 Å². The van der Waals surface area contributed by atoms with Gasteiger partial charge < -0.3 is 32.7 Å². The molecule has 0 aliphatic heterocycles. The highest BCUT2D eigenvalue weighted by atomic mass is 16.2. The minimum absolute atomic E-state index is 0.00176. The summed E-state index contributed by atoms with van der Waals surface area (Å²) in [5, 5.41) is 10.7. The third kappa shape index (κ3) is 8.35. The molecule has 0 bridgehead atoms. The lowest BCUT2D eigenvalue weighted by Gasteiger charge is -2.20. The number of ketones is 2. The SMILES string of the molecule is CC[C@H](C)[C@H](N)C(=O)NCCC(=O)Nc1ccc2c(c1)C(=O)c1ccc(NC(=O)CCNC(=O)[C@@H](N)[C@@H](C)CC)cc1C2=O. The number of hydrogen-bond acceptors (Lipinski definition) is 8. The van der Waals surface area contributed by atoms with Crippen molar-refractivity contribution in [3.05, 3.63) is 58.7 Å². The van der Waals surface area contributed by atoms with Crippen LogP contribution in [0.25, 0.3) is 0 Å². The molecule has 0 spiro atoms. The molecule has 0 unspecified atom stereocenters. The molecule has 4 amide bonds. The molecule has 0 radical (unpaired) electrons. The molecule has 0 saturated heterocycles. The quantitative estimate of drug-likeness (QED) is 0.160. The van der Waals surface area contributed by atoms with Gasteiger partial charge in [0, 0.05) is 59.6 Å². The topological polar surface area (TPSA) is 203 Å². The van der Waals surface area contributed by atoms with Crippen LogP contribution in [0.2, 0.25) is 0 Å². The monoisotopic (exact) mass is 606 g/mol. The minimum atomic E-state index is -0.652. The zero-order valence-corrected chi connectivity index (χ0v) is 25.6. The molecule has 12 nitrogen and oxygen atoms in total. The third-order valence-corrected chi connectivity index (χ3v) is 8.01. The van der Waals surface area contributed by atoms with Gasteiger partial charge in [-0.25, -0.2) is 0 Å². The third-order valence-electron chi connectivity index (χ3n) is 8.01. The van der Waals surface area contributed by atoms with Gasteiger partial charge in [0.1, 0.15) is 0 Å². The summed E-state index contributed by atoms with van der Waals surface area (Å²) >= 11 is 0. The van der Waals surface area contributed by atoms with E-state index < -0.39 is 23.7 Å². The summed E-state index contributed by atoms with van der Waals surface area (Å²) in [5.41, 5.74) is 13.1. The van der Waals surface area contributed by atoms with Crippen LogP contribution in [0, 0.1) is 11.8 Å². The fourth-order valence-corrected chi connectivity index (χ4v) is 4.61. The van der Waals surface area contributed by atoms with Gasteiger partial charge in [-0.15, -0.1) is 0 Å². The first-order chi connectivity index (χ1) is 20.9. The molecule has 44 heavy (non-hydrogen) atoms. The molecule has 0 aromatic heterocycles. The predicted molar refractivity (Wildman–Crippen MR) is 167 cm³/mol. The lowest BCUT2D eigenvalue weighted by molar-refractivity contribution is -0.124. The maximum Gasteiger partial charge on any atom is 0.237 e. The van der Waals surface area contributed by atoms with E-state index in [1.165, 1.54) is 36.4 Å². The number of anilines is 2. The van der Waals surface area contributed by atoms with E-state index in [0.717, 1.165) is 12.8 Å². The number of hydrogen-bond donors (Lipinski definition) is 6. The average Bonchev–Trinajstić information content (AvgIpc) is 3.01. The fraction of sp³-hybridized carbons (Fsp3) is 0.438. The van der Waals surface area contributed by atoms with Crippen LogP contribution in [-0.2, 0) is 19.2 Å². The highest BCUT2D eigenvalue weighted by molar-refractivity contribution is 6.29. The van der Waals surface area contributed by atoms with Gasteiger partial charge in [-0.05, 0) is 48.2 Å². The van der Waals surface area contributed by atoms with E-state index in [1.807, 2.05) is 27.7 Å². The van der Waals surface area contributed by atoms with Gasteiger partial charge in [0.2, 0.25) is 23.6 Å². The van der Waals surface area contributed by atoms with Gasteiger partial charge in [-0.1, -0.05) is 40.5 Å². The van der Waals surface area contributed by atoms with Crippen molar-refractivity contribution in [3.8, 4) is 0 Å². The van der Waals surface area contributed by atoms with Gasteiger partial charge >= 0.3 is 0 Å². The molecule has 236 valence electrons. The van der Waals surface area contributed by atoms with Crippen molar-refractivity contribution in [2.45, 2.75) is 65.5 Å². The number of carbonyl (C=O) groups excluding carboxylic acids is 6. The molecular formula is C32H42N6O6. The van der Waals surface area contributed by atoms with Crippen LogP contribution in [0.3, 0.4) is 0 Å². The number of rotatable bonds is 14. The van der Waals surface area contributed by atoms with Crippen LogP contribution >= 0.6 is 0 Å². The molecule has 3 rings (SSSR count). The first kappa shape index (κ1) is 34.1. The number of nitrogens with two attached hydrogens (primary N) is 2. The highest BCUT2D eigenvalue weighted by Gasteiger charge is 2.30. The van der Waals surface area contributed by atoms with Gasteiger partial charge in [0.25, 0.3) is 0 Å². The number of fused-ring (bicyclic) bond motifs is 2. The van der Waals surface area contributed by atoms with Crippen LogP contribution in [0.1, 0.15) is 85.2 Å². The molecule has 0 heterocycles. The summed E-state index contributed by atoms with van der Waals surface area (Å²) in [6, 6.07) is 7.59. The van der Waals surface area contributed by atoms with Crippen molar-refractivity contribution in [1.82, 2.24) is 10.6 Å². The Labute approximate surface area is 257 Å². The normalized spacial score (nSPS) is 14.8. The van der Waals surface area contributed by atoms with Gasteiger partial charge in [-0.2, -0.15) is 0 Å². The van der Waals surface area contributed by atoms with Crippen molar-refractivity contribution in [3.63, 3.8) is 0 Å². The molecule has 1 aliphatic rings. The van der Waals surface area contributed by atoms with Crippen molar-refractivity contribution < 1.29 is 28.8 Å². The van der Waals surface area contributed by atoms with E-state index in [1.54, 1.807) is 0 Å². The lowest BCUT2D eigenvalue weighted by Crippen LogP contribution is -2.45.